The molecule has 0 aliphatic heterocycles. The van der Waals surface area contributed by atoms with Crippen LogP contribution in [0.25, 0.3) is 77.3 Å². The molecule has 9 rings (SSSR count). The summed E-state index contributed by atoms with van der Waals surface area (Å²) in [4.78, 5) is 0. The van der Waals surface area contributed by atoms with Gasteiger partial charge in [-0.1, -0.05) is 91.0 Å². The second-order valence-corrected chi connectivity index (χ2v) is 10.5. The van der Waals surface area contributed by atoms with E-state index in [-0.39, 0.29) is 0 Å². The van der Waals surface area contributed by atoms with Crippen LogP contribution in [0.5, 0.6) is 0 Å². The third-order valence-electron chi connectivity index (χ3n) is 8.32. The molecular formula is C38H24N2O. The fourth-order valence-corrected chi connectivity index (χ4v) is 6.65. The highest BCUT2D eigenvalue weighted by Crippen LogP contribution is 2.45. The van der Waals surface area contributed by atoms with E-state index in [1.54, 1.807) is 0 Å². The number of para-hydroxylation sites is 5. The number of aromatic nitrogens is 2. The van der Waals surface area contributed by atoms with E-state index in [1.807, 2.05) is 0 Å². The van der Waals surface area contributed by atoms with Gasteiger partial charge in [0.2, 0.25) is 0 Å². The molecule has 0 saturated carbocycles. The molecule has 0 fully saturated rings. The lowest BCUT2D eigenvalue weighted by Gasteiger charge is -2.09. The molecule has 0 N–H and O–H groups in total. The van der Waals surface area contributed by atoms with Crippen LogP contribution < -0.4 is 0 Å². The summed E-state index contributed by atoms with van der Waals surface area (Å²) in [6.45, 7) is 0. The molecular weight excluding hydrogens is 500 g/mol. The zero-order valence-corrected chi connectivity index (χ0v) is 22.2. The van der Waals surface area contributed by atoms with E-state index >= 15 is 0 Å². The number of rotatable bonds is 3. The van der Waals surface area contributed by atoms with Crippen LogP contribution in [-0.4, -0.2) is 9.13 Å². The van der Waals surface area contributed by atoms with Crippen LogP contribution in [-0.2, 0) is 0 Å². The van der Waals surface area contributed by atoms with Crippen molar-refractivity contribution in [2.75, 3.05) is 0 Å². The quantitative estimate of drug-likeness (QED) is 0.225. The number of hydrogen-bond acceptors (Lipinski definition) is 1. The SMILES string of the molecule is c1ccc(-n2c3ccccc3c3c(-c4cccc5c4oc4c6ccccc6n(-c6ccccc6)c54)cccc32)cc1. The third kappa shape index (κ3) is 3.09. The van der Waals surface area contributed by atoms with Gasteiger partial charge in [0.25, 0.3) is 0 Å². The largest absolute Gasteiger partial charge is 0.453 e. The molecule has 0 amide bonds. The van der Waals surface area contributed by atoms with E-state index in [0.29, 0.717) is 0 Å². The number of hydrogen-bond donors (Lipinski definition) is 0. The highest BCUT2D eigenvalue weighted by atomic mass is 16.3. The maximum atomic E-state index is 6.88. The fourth-order valence-electron chi connectivity index (χ4n) is 6.65. The Morgan fingerprint density at radius 1 is 0.366 bits per heavy atom. The molecule has 192 valence electrons. The Balaban J connectivity index is 1.41. The summed E-state index contributed by atoms with van der Waals surface area (Å²) < 4.78 is 11.6. The van der Waals surface area contributed by atoms with Crippen LogP contribution in [0, 0.1) is 0 Å². The number of fused-ring (bicyclic) bond motifs is 8. The lowest BCUT2D eigenvalue weighted by Crippen LogP contribution is -1.93. The van der Waals surface area contributed by atoms with Crippen LogP contribution in [0.4, 0.5) is 0 Å². The number of furan rings is 1. The first-order valence-electron chi connectivity index (χ1n) is 14.0. The predicted octanol–water partition coefficient (Wildman–Crippen LogP) is 10.3. The standard InChI is InChI=1S/C38H24N2O/c1-3-13-25(14-4-1)39-32-22-9-7-17-29(32)35-27(19-12-24-34(35)39)28-20-11-21-31-36-38(41-37(28)31)30-18-8-10-23-33(30)40(36)26-15-5-2-6-16-26/h1-24H. The molecule has 0 unspecified atom stereocenters. The summed E-state index contributed by atoms with van der Waals surface area (Å²) in [6.07, 6.45) is 0. The maximum Gasteiger partial charge on any atom is 0.161 e. The van der Waals surface area contributed by atoms with E-state index in [4.69, 9.17) is 4.42 Å². The van der Waals surface area contributed by atoms with Crippen LogP contribution in [0.2, 0.25) is 0 Å². The fraction of sp³-hybridized carbons (Fsp3) is 0. The van der Waals surface area contributed by atoms with Crippen molar-refractivity contribution in [3.05, 3.63) is 146 Å². The maximum absolute atomic E-state index is 6.88. The Morgan fingerprint density at radius 2 is 0.902 bits per heavy atom. The molecule has 0 saturated heterocycles. The first-order valence-corrected chi connectivity index (χ1v) is 14.0. The lowest BCUT2D eigenvalue weighted by atomic mass is 9.98. The number of benzene rings is 6. The van der Waals surface area contributed by atoms with Crippen molar-refractivity contribution in [3.8, 4) is 22.5 Å². The molecule has 0 radical (unpaired) electrons. The smallest absolute Gasteiger partial charge is 0.161 e. The van der Waals surface area contributed by atoms with Crippen LogP contribution in [0.15, 0.2) is 150 Å². The van der Waals surface area contributed by atoms with E-state index in [2.05, 4.69) is 155 Å². The average Bonchev–Trinajstić information content (AvgIpc) is 3.69. The van der Waals surface area contributed by atoms with Crippen LogP contribution >= 0.6 is 0 Å². The molecule has 0 bridgehead atoms. The van der Waals surface area contributed by atoms with Gasteiger partial charge < -0.3 is 13.6 Å². The van der Waals surface area contributed by atoms with Gasteiger partial charge >= 0.3 is 0 Å². The Labute approximate surface area is 236 Å². The van der Waals surface area contributed by atoms with Crippen molar-refractivity contribution in [2.24, 2.45) is 0 Å². The van der Waals surface area contributed by atoms with Gasteiger partial charge in [0.1, 0.15) is 11.1 Å². The Hall–Kier alpha value is -5.54. The molecule has 41 heavy (non-hydrogen) atoms. The molecule has 3 heterocycles. The highest BCUT2D eigenvalue weighted by Gasteiger charge is 2.23. The van der Waals surface area contributed by atoms with Gasteiger partial charge in [-0.2, -0.15) is 0 Å². The average molecular weight is 525 g/mol. The minimum absolute atomic E-state index is 0.914. The van der Waals surface area contributed by atoms with Gasteiger partial charge in [-0.3, -0.25) is 0 Å². The zero-order chi connectivity index (χ0) is 26.9. The van der Waals surface area contributed by atoms with E-state index < -0.39 is 0 Å². The summed E-state index contributed by atoms with van der Waals surface area (Å²) in [7, 11) is 0. The molecule has 3 aromatic heterocycles. The Bertz CT molecular complexity index is 2410. The first-order chi connectivity index (χ1) is 20.4. The molecule has 3 nitrogen and oxygen atoms in total. The summed E-state index contributed by atoms with van der Waals surface area (Å²) in [5.41, 5.74) is 11.0. The van der Waals surface area contributed by atoms with E-state index in [0.717, 1.165) is 49.9 Å². The monoisotopic (exact) mass is 524 g/mol. The van der Waals surface area contributed by atoms with Crippen molar-refractivity contribution in [2.45, 2.75) is 0 Å². The summed E-state index contributed by atoms with van der Waals surface area (Å²) in [5.74, 6) is 0. The van der Waals surface area contributed by atoms with Crippen molar-refractivity contribution < 1.29 is 4.42 Å². The van der Waals surface area contributed by atoms with Gasteiger partial charge in [0, 0.05) is 38.5 Å². The summed E-state index contributed by atoms with van der Waals surface area (Å²) in [5, 5.41) is 4.69. The Morgan fingerprint density at radius 3 is 1.66 bits per heavy atom. The van der Waals surface area contributed by atoms with Gasteiger partial charge in [-0.05, 0) is 60.2 Å². The van der Waals surface area contributed by atoms with Gasteiger partial charge in [-0.25, -0.2) is 0 Å². The van der Waals surface area contributed by atoms with Crippen molar-refractivity contribution in [3.63, 3.8) is 0 Å². The number of nitrogens with zero attached hydrogens (tertiary/aromatic N) is 2. The molecule has 6 aromatic carbocycles. The van der Waals surface area contributed by atoms with Crippen molar-refractivity contribution in [1.82, 2.24) is 9.13 Å². The van der Waals surface area contributed by atoms with Crippen molar-refractivity contribution >= 4 is 54.8 Å². The van der Waals surface area contributed by atoms with E-state index in [1.165, 1.54) is 27.4 Å². The van der Waals surface area contributed by atoms with Crippen LogP contribution in [0.1, 0.15) is 0 Å². The second-order valence-electron chi connectivity index (χ2n) is 10.5. The first kappa shape index (κ1) is 22.3. The molecule has 0 aliphatic rings. The van der Waals surface area contributed by atoms with Gasteiger partial charge in [0.15, 0.2) is 5.58 Å². The predicted molar refractivity (Wildman–Crippen MR) is 170 cm³/mol. The molecule has 0 spiro atoms. The van der Waals surface area contributed by atoms with Gasteiger partial charge in [0.05, 0.1) is 16.6 Å². The lowest BCUT2D eigenvalue weighted by molar-refractivity contribution is 0.674. The zero-order valence-electron chi connectivity index (χ0n) is 22.2. The summed E-state index contributed by atoms with van der Waals surface area (Å²) in [6, 6.07) is 51.5. The minimum Gasteiger partial charge on any atom is -0.453 e. The summed E-state index contributed by atoms with van der Waals surface area (Å²) >= 11 is 0. The molecule has 0 aliphatic carbocycles. The molecule has 0 atom stereocenters. The van der Waals surface area contributed by atoms with Crippen molar-refractivity contribution in [1.29, 1.82) is 0 Å². The normalized spacial score (nSPS) is 11.9. The van der Waals surface area contributed by atoms with E-state index in [9.17, 15) is 0 Å². The Kier molecular flexibility index (Phi) is 4.61. The minimum atomic E-state index is 0.914. The topological polar surface area (TPSA) is 23.0 Å². The second kappa shape index (κ2) is 8.48. The third-order valence-corrected chi connectivity index (χ3v) is 8.32. The highest BCUT2D eigenvalue weighted by molar-refractivity contribution is 6.21. The van der Waals surface area contributed by atoms with Crippen LogP contribution in [0.3, 0.4) is 0 Å². The molecule has 3 heteroatoms. The van der Waals surface area contributed by atoms with Gasteiger partial charge in [-0.15, -0.1) is 0 Å². The molecule has 9 aromatic rings.